The van der Waals surface area contributed by atoms with Gasteiger partial charge in [-0.05, 0) is 55.5 Å². The number of rotatable bonds is 3. The number of benzene rings is 3. The van der Waals surface area contributed by atoms with Crippen molar-refractivity contribution in [2.75, 3.05) is 13.7 Å². The fourth-order valence-electron chi connectivity index (χ4n) is 2.40. The molecule has 2 nitrogen and oxygen atoms in total. The van der Waals surface area contributed by atoms with Crippen LogP contribution in [0.4, 0.5) is 0 Å². The Morgan fingerprint density at radius 2 is 1.41 bits per heavy atom. The van der Waals surface area contributed by atoms with Crippen LogP contribution in [0, 0.1) is 30.6 Å². The van der Waals surface area contributed by atoms with E-state index < -0.39 is 0 Å². The van der Waals surface area contributed by atoms with Gasteiger partial charge in [-0.25, -0.2) is 0 Å². The minimum absolute atomic E-state index is 0.315. The topological polar surface area (TPSA) is 18.5 Å². The van der Waals surface area contributed by atoms with Crippen molar-refractivity contribution in [1.82, 2.24) is 0 Å². The smallest absolute Gasteiger partial charge is 0.149 e. The lowest BCUT2D eigenvalue weighted by Crippen LogP contribution is -1.96. The van der Waals surface area contributed by atoms with Gasteiger partial charge in [-0.2, -0.15) is 0 Å². The first-order valence-electron chi connectivity index (χ1n) is 8.68. The maximum absolute atomic E-state index is 5.81. The Bertz CT molecular complexity index is 1010. The van der Waals surface area contributed by atoms with E-state index in [4.69, 9.17) is 9.47 Å². The number of aryl methyl sites for hydroxylation is 1. The molecule has 0 aliphatic carbocycles. The van der Waals surface area contributed by atoms with E-state index in [1.165, 1.54) is 5.56 Å². The van der Waals surface area contributed by atoms with E-state index in [2.05, 4.69) is 42.7 Å². The Balaban J connectivity index is 1.67. The summed E-state index contributed by atoms with van der Waals surface area (Å²) >= 11 is 0. The summed E-state index contributed by atoms with van der Waals surface area (Å²) in [6.45, 7) is 2.37. The average molecular weight is 352 g/mol. The Hall–Kier alpha value is -3.62. The molecule has 3 aromatic carbocycles. The van der Waals surface area contributed by atoms with Gasteiger partial charge in [0.05, 0.1) is 12.7 Å². The zero-order valence-corrected chi connectivity index (χ0v) is 15.5. The second-order valence-corrected chi connectivity index (χ2v) is 5.93. The molecule has 0 aliphatic rings. The van der Waals surface area contributed by atoms with Crippen LogP contribution in [0.1, 0.15) is 22.3 Å². The molecule has 0 amide bonds. The number of para-hydroxylation sites is 1. The highest BCUT2D eigenvalue weighted by molar-refractivity contribution is 5.50. The van der Waals surface area contributed by atoms with Crippen LogP contribution < -0.4 is 9.47 Å². The van der Waals surface area contributed by atoms with Crippen molar-refractivity contribution in [2.24, 2.45) is 0 Å². The van der Waals surface area contributed by atoms with Gasteiger partial charge in [0.1, 0.15) is 18.1 Å². The van der Waals surface area contributed by atoms with Gasteiger partial charge in [-0.15, -0.1) is 0 Å². The van der Waals surface area contributed by atoms with Crippen LogP contribution in [0.25, 0.3) is 0 Å². The first-order chi connectivity index (χ1) is 13.2. The Morgan fingerprint density at radius 1 is 0.741 bits per heavy atom. The van der Waals surface area contributed by atoms with Crippen LogP contribution in [0.5, 0.6) is 11.5 Å². The molecule has 0 N–H and O–H groups in total. The van der Waals surface area contributed by atoms with E-state index in [1.807, 2.05) is 60.7 Å². The Kier molecular flexibility index (Phi) is 6.18. The summed E-state index contributed by atoms with van der Waals surface area (Å²) in [7, 11) is 1.65. The van der Waals surface area contributed by atoms with Gasteiger partial charge in [0.15, 0.2) is 0 Å². The third-order valence-corrected chi connectivity index (χ3v) is 3.90. The number of ether oxygens (including phenoxy) is 2. The van der Waals surface area contributed by atoms with Crippen LogP contribution >= 0.6 is 0 Å². The predicted molar refractivity (Wildman–Crippen MR) is 109 cm³/mol. The van der Waals surface area contributed by atoms with Crippen molar-refractivity contribution in [1.29, 1.82) is 0 Å². The summed E-state index contributed by atoms with van der Waals surface area (Å²) in [5, 5.41) is 0. The molecule has 0 saturated carbocycles. The Labute approximate surface area is 160 Å². The quantitative estimate of drug-likeness (QED) is 0.628. The van der Waals surface area contributed by atoms with Crippen LogP contribution in [-0.2, 0) is 0 Å². The van der Waals surface area contributed by atoms with Crippen molar-refractivity contribution in [2.45, 2.75) is 6.92 Å². The van der Waals surface area contributed by atoms with Crippen molar-refractivity contribution in [3.05, 3.63) is 95.1 Å². The van der Waals surface area contributed by atoms with Crippen LogP contribution in [0.2, 0.25) is 0 Å². The molecular formula is C25H20O2. The van der Waals surface area contributed by atoms with Crippen LogP contribution in [-0.4, -0.2) is 13.7 Å². The zero-order chi connectivity index (χ0) is 18.9. The molecule has 0 aromatic heterocycles. The lowest BCUT2D eigenvalue weighted by atomic mass is 10.1. The second-order valence-electron chi connectivity index (χ2n) is 5.93. The maximum atomic E-state index is 5.81. The molecule has 0 radical (unpaired) electrons. The van der Waals surface area contributed by atoms with E-state index in [-0.39, 0.29) is 0 Å². The Morgan fingerprint density at radius 3 is 2.15 bits per heavy atom. The summed E-state index contributed by atoms with van der Waals surface area (Å²) in [4.78, 5) is 0. The molecule has 0 fully saturated rings. The van der Waals surface area contributed by atoms with E-state index in [0.29, 0.717) is 6.61 Å². The minimum Gasteiger partial charge on any atom is -0.497 e. The number of hydrogen-bond donors (Lipinski definition) is 0. The highest BCUT2D eigenvalue weighted by atomic mass is 16.5. The van der Waals surface area contributed by atoms with Gasteiger partial charge in [0, 0.05) is 11.1 Å². The molecule has 0 bridgehead atoms. The largest absolute Gasteiger partial charge is 0.497 e. The highest BCUT2D eigenvalue weighted by Crippen LogP contribution is 2.17. The normalized spacial score (nSPS) is 9.41. The molecule has 132 valence electrons. The number of hydrogen-bond acceptors (Lipinski definition) is 2. The van der Waals surface area contributed by atoms with Crippen molar-refractivity contribution in [3.8, 4) is 35.2 Å². The molecule has 3 rings (SSSR count). The first kappa shape index (κ1) is 18.2. The summed E-state index contributed by atoms with van der Waals surface area (Å²) in [5.74, 6) is 14.0. The lowest BCUT2D eigenvalue weighted by molar-refractivity contribution is 0.369. The van der Waals surface area contributed by atoms with Crippen molar-refractivity contribution in [3.63, 3.8) is 0 Å². The second kappa shape index (κ2) is 9.18. The van der Waals surface area contributed by atoms with Gasteiger partial charge in [0.2, 0.25) is 0 Å². The molecule has 0 atom stereocenters. The standard InChI is InChI=1S/C25H20O2/c1-20-9-11-21(12-10-20)6-5-19-27-25-8-4-3-7-23(25)16-13-22-14-17-24(26-2)18-15-22/h3-4,7-12,14-15,17-18H,19H2,1-2H3. The van der Waals surface area contributed by atoms with E-state index in [0.717, 1.165) is 28.2 Å². The van der Waals surface area contributed by atoms with E-state index in [9.17, 15) is 0 Å². The molecular weight excluding hydrogens is 332 g/mol. The van der Waals surface area contributed by atoms with E-state index >= 15 is 0 Å². The van der Waals surface area contributed by atoms with Crippen molar-refractivity contribution >= 4 is 0 Å². The lowest BCUT2D eigenvalue weighted by Gasteiger charge is -2.04. The van der Waals surface area contributed by atoms with Gasteiger partial charge in [-0.3, -0.25) is 0 Å². The average Bonchev–Trinajstić information content (AvgIpc) is 2.72. The summed E-state index contributed by atoms with van der Waals surface area (Å²) in [6.07, 6.45) is 0. The first-order valence-corrected chi connectivity index (χ1v) is 8.68. The summed E-state index contributed by atoms with van der Waals surface area (Å²) in [6, 6.07) is 23.5. The SMILES string of the molecule is COc1ccc(C#Cc2ccccc2OCC#Cc2ccc(C)cc2)cc1. The molecule has 0 spiro atoms. The van der Waals surface area contributed by atoms with Gasteiger partial charge in [-0.1, -0.05) is 53.5 Å². The summed E-state index contributed by atoms with van der Waals surface area (Å²) < 4.78 is 11.0. The summed E-state index contributed by atoms with van der Waals surface area (Å²) in [5.41, 5.74) is 3.97. The highest BCUT2D eigenvalue weighted by Gasteiger charge is 1.99. The van der Waals surface area contributed by atoms with Gasteiger partial charge >= 0.3 is 0 Å². The molecule has 0 aliphatic heterocycles. The van der Waals surface area contributed by atoms with E-state index in [1.54, 1.807) is 7.11 Å². The van der Waals surface area contributed by atoms with Crippen LogP contribution in [0.15, 0.2) is 72.8 Å². The van der Waals surface area contributed by atoms with Gasteiger partial charge in [0.25, 0.3) is 0 Å². The zero-order valence-electron chi connectivity index (χ0n) is 15.5. The van der Waals surface area contributed by atoms with Gasteiger partial charge < -0.3 is 9.47 Å². The fourth-order valence-corrected chi connectivity index (χ4v) is 2.40. The molecule has 0 saturated heterocycles. The third kappa shape index (κ3) is 5.43. The minimum atomic E-state index is 0.315. The maximum Gasteiger partial charge on any atom is 0.149 e. The predicted octanol–water partition coefficient (Wildman–Crippen LogP) is 4.83. The number of methoxy groups -OCH3 is 1. The van der Waals surface area contributed by atoms with Crippen LogP contribution in [0.3, 0.4) is 0 Å². The molecule has 2 heteroatoms. The third-order valence-electron chi connectivity index (χ3n) is 3.90. The monoisotopic (exact) mass is 352 g/mol. The molecule has 3 aromatic rings. The van der Waals surface area contributed by atoms with Crippen molar-refractivity contribution < 1.29 is 9.47 Å². The molecule has 27 heavy (non-hydrogen) atoms. The fraction of sp³-hybridized carbons (Fsp3) is 0.120. The molecule has 0 unspecified atom stereocenters. The molecule has 0 heterocycles.